The Balaban J connectivity index is 0.994. The molecule has 40 heavy (non-hydrogen) atoms. The van der Waals surface area contributed by atoms with E-state index in [0.29, 0.717) is 41.9 Å². The second kappa shape index (κ2) is 8.24. The molecule has 12 fully saturated rings. The van der Waals surface area contributed by atoms with Crippen LogP contribution in [0.4, 0.5) is 8.78 Å². The molecule has 12 bridgehead atoms. The molecule has 4 nitrogen and oxygen atoms in total. The minimum atomic E-state index is -0.958. The van der Waals surface area contributed by atoms with Crippen molar-refractivity contribution >= 4 is 11.9 Å². The van der Waals surface area contributed by atoms with Crippen LogP contribution in [0, 0.1) is 70.0 Å². The highest BCUT2D eigenvalue weighted by molar-refractivity contribution is 5.83. The zero-order valence-electron chi connectivity index (χ0n) is 23.9. The van der Waals surface area contributed by atoms with Crippen molar-refractivity contribution in [3.63, 3.8) is 0 Å². The molecule has 0 unspecified atom stereocenters. The Morgan fingerprint density at radius 2 is 0.800 bits per heavy atom. The van der Waals surface area contributed by atoms with Crippen molar-refractivity contribution in [2.45, 2.75) is 114 Å². The Bertz CT molecular complexity index is 963. The number of rotatable bonds is 6. The van der Waals surface area contributed by atoms with Crippen molar-refractivity contribution < 1.29 is 27.8 Å². The van der Waals surface area contributed by atoms with E-state index >= 15 is 8.78 Å². The van der Waals surface area contributed by atoms with Gasteiger partial charge >= 0.3 is 11.9 Å². The van der Waals surface area contributed by atoms with E-state index in [-0.39, 0.29) is 35.6 Å². The van der Waals surface area contributed by atoms with E-state index in [1.54, 1.807) is 0 Å². The fraction of sp³-hybridized carbons (Fsp3) is 0.941. The minimum Gasteiger partial charge on any atom is -0.455 e. The summed E-state index contributed by atoms with van der Waals surface area (Å²) < 4.78 is 43.1. The molecular formula is C34H46F2O4. The summed E-state index contributed by atoms with van der Waals surface area (Å²) in [5.41, 5.74) is -3.35. The van der Waals surface area contributed by atoms with Crippen LogP contribution >= 0.6 is 0 Å². The highest BCUT2D eigenvalue weighted by Crippen LogP contribution is 2.68. The highest BCUT2D eigenvalue weighted by Gasteiger charge is 2.68. The second-order valence-corrected chi connectivity index (χ2v) is 17.1. The Hall–Kier alpha value is -1.20. The Kier molecular flexibility index (Phi) is 5.22. The van der Waals surface area contributed by atoms with Crippen molar-refractivity contribution in [3.8, 4) is 0 Å². The standard InChI is InChI=1S/C34H46F2O4/c35-17-33(25-4-19-1-20(6-25)7-26(33)5-19)39-29(37)31-12-23-3-24(13-31)15-32(14-23,16-31)30(38)40-34(18-36)27-8-21-2-22(10-27)11-28(34)9-21/h19-28H,1-18H2. The lowest BCUT2D eigenvalue weighted by Gasteiger charge is -2.63. The lowest BCUT2D eigenvalue weighted by Crippen LogP contribution is -2.65. The van der Waals surface area contributed by atoms with Gasteiger partial charge in [-0.3, -0.25) is 9.59 Å². The van der Waals surface area contributed by atoms with Crippen molar-refractivity contribution in [3.05, 3.63) is 0 Å². The molecule has 0 saturated heterocycles. The first-order valence-corrected chi connectivity index (χ1v) is 16.9. The number of ether oxygens (including phenoxy) is 2. The van der Waals surface area contributed by atoms with Gasteiger partial charge in [0.05, 0.1) is 10.8 Å². The molecule has 0 aliphatic heterocycles. The molecule has 0 amide bonds. The van der Waals surface area contributed by atoms with Crippen LogP contribution in [0.3, 0.4) is 0 Å². The normalized spacial score (nSPS) is 58.0. The molecule has 12 aliphatic carbocycles. The van der Waals surface area contributed by atoms with Crippen molar-refractivity contribution in [1.29, 1.82) is 0 Å². The predicted octanol–water partition coefficient (Wildman–Crippen LogP) is 6.99. The average Bonchev–Trinajstić information content (AvgIpc) is 2.91. The lowest BCUT2D eigenvalue weighted by atomic mass is 9.44. The van der Waals surface area contributed by atoms with Gasteiger partial charge in [0.2, 0.25) is 0 Å². The number of halogens is 2. The summed E-state index contributed by atoms with van der Waals surface area (Å²) in [6.07, 6.45) is 15.0. The Morgan fingerprint density at radius 1 is 0.500 bits per heavy atom. The quantitative estimate of drug-likeness (QED) is 0.331. The molecule has 0 aromatic rings. The monoisotopic (exact) mass is 556 g/mol. The van der Waals surface area contributed by atoms with Gasteiger partial charge in [-0.1, -0.05) is 0 Å². The zero-order chi connectivity index (χ0) is 27.1. The van der Waals surface area contributed by atoms with Crippen molar-refractivity contribution in [2.75, 3.05) is 13.3 Å². The topological polar surface area (TPSA) is 52.6 Å². The molecule has 6 heteroatoms. The van der Waals surface area contributed by atoms with E-state index in [4.69, 9.17) is 9.47 Å². The Labute approximate surface area is 237 Å². The molecule has 0 aromatic carbocycles. The van der Waals surface area contributed by atoms with Crippen LogP contribution < -0.4 is 0 Å². The summed E-state index contributed by atoms with van der Waals surface area (Å²) in [6.45, 7) is -1.15. The van der Waals surface area contributed by atoms with Gasteiger partial charge in [-0.2, -0.15) is 0 Å². The molecule has 0 heterocycles. The molecule has 0 spiro atoms. The Morgan fingerprint density at radius 3 is 1.10 bits per heavy atom. The van der Waals surface area contributed by atoms with E-state index in [1.807, 2.05) is 0 Å². The van der Waals surface area contributed by atoms with Gasteiger partial charge in [0.1, 0.15) is 24.6 Å². The minimum absolute atomic E-state index is 0.145. The smallest absolute Gasteiger partial charge is 0.312 e. The number of esters is 2. The number of alkyl halides is 2. The van der Waals surface area contributed by atoms with Gasteiger partial charge < -0.3 is 9.47 Å². The SMILES string of the molecule is O=C(OC1(CF)C2CC3CC(C2)CC1C3)C12CC3CC(C1)CC(C(=O)OC1(CF)C4CC5CC(C4)CC1C5)(C3)C2. The molecule has 220 valence electrons. The maximum atomic E-state index is 15.0. The number of carbonyl (C=O) groups is 2. The first-order chi connectivity index (χ1) is 19.3. The summed E-state index contributed by atoms with van der Waals surface area (Å²) in [6, 6.07) is 0. The van der Waals surface area contributed by atoms with Gasteiger partial charge in [0.15, 0.2) is 0 Å². The van der Waals surface area contributed by atoms with E-state index in [2.05, 4.69) is 0 Å². The first kappa shape index (κ1) is 25.3. The maximum absolute atomic E-state index is 15.0. The summed E-state index contributed by atoms with van der Waals surface area (Å²) >= 11 is 0. The summed E-state index contributed by atoms with van der Waals surface area (Å²) in [7, 11) is 0. The fourth-order valence-electron chi connectivity index (χ4n) is 14.1. The molecular weight excluding hydrogens is 510 g/mol. The molecule has 12 saturated carbocycles. The molecule has 0 N–H and O–H groups in total. The number of hydrogen-bond donors (Lipinski definition) is 0. The van der Waals surface area contributed by atoms with E-state index in [1.165, 1.54) is 12.8 Å². The van der Waals surface area contributed by atoms with Gasteiger partial charge in [0, 0.05) is 23.7 Å². The number of hydrogen-bond acceptors (Lipinski definition) is 4. The van der Waals surface area contributed by atoms with E-state index in [0.717, 1.165) is 83.5 Å². The highest BCUT2D eigenvalue weighted by atomic mass is 19.1. The number of carbonyl (C=O) groups excluding carboxylic acids is 2. The molecule has 0 atom stereocenters. The van der Waals surface area contributed by atoms with Crippen LogP contribution in [0.1, 0.15) is 103 Å². The third-order valence-electron chi connectivity index (χ3n) is 15.0. The summed E-state index contributed by atoms with van der Waals surface area (Å²) in [5, 5.41) is 0. The molecule has 12 aliphatic rings. The van der Waals surface area contributed by atoms with Crippen LogP contribution in [0.15, 0.2) is 0 Å². The van der Waals surface area contributed by atoms with Crippen LogP contribution in [-0.2, 0) is 19.1 Å². The van der Waals surface area contributed by atoms with Crippen LogP contribution in [0.25, 0.3) is 0 Å². The fourth-order valence-corrected chi connectivity index (χ4v) is 14.1. The van der Waals surface area contributed by atoms with E-state index in [9.17, 15) is 9.59 Å². The molecule has 0 radical (unpaired) electrons. The third-order valence-corrected chi connectivity index (χ3v) is 15.0. The maximum Gasteiger partial charge on any atom is 0.312 e. The molecule has 0 aromatic heterocycles. The predicted molar refractivity (Wildman–Crippen MR) is 143 cm³/mol. The van der Waals surface area contributed by atoms with Gasteiger partial charge in [-0.15, -0.1) is 0 Å². The lowest BCUT2D eigenvalue weighted by molar-refractivity contribution is -0.245. The van der Waals surface area contributed by atoms with Gasteiger partial charge in [-0.25, -0.2) is 8.78 Å². The van der Waals surface area contributed by atoms with E-state index < -0.39 is 35.4 Å². The van der Waals surface area contributed by atoms with Crippen LogP contribution in [0.2, 0.25) is 0 Å². The van der Waals surface area contributed by atoms with Gasteiger partial charge in [-0.05, 0) is 138 Å². The summed E-state index contributed by atoms with van der Waals surface area (Å²) in [4.78, 5) is 28.7. The van der Waals surface area contributed by atoms with Crippen LogP contribution in [0.5, 0.6) is 0 Å². The van der Waals surface area contributed by atoms with Crippen molar-refractivity contribution in [1.82, 2.24) is 0 Å². The zero-order valence-corrected chi connectivity index (χ0v) is 23.9. The molecule has 12 rings (SSSR count). The first-order valence-electron chi connectivity index (χ1n) is 16.9. The van der Waals surface area contributed by atoms with Gasteiger partial charge in [0.25, 0.3) is 0 Å². The largest absolute Gasteiger partial charge is 0.455 e. The van der Waals surface area contributed by atoms with Crippen LogP contribution in [-0.4, -0.2) is 36.5 Å². The average molecular weight is 557 g/mol. The summed E-state index contributed by atoms with van der Waals surface area (Å²) in [5.74, 6) is 3.41. The second-order valence-electron chi connectivity index (χ2n) is 17.1. The van der Waals surface area contributed by atoms with Crippen molar-refractivity contribution in [2.24, 2.45) is 70.0 Å². The third kappa shape index (κ3) is 3.23.